The summed E-state index contributed by atoms with van der Waals surface area (Å²) in [6.45, 7) is 0.418. The van der Waals surface area contributed by atoms with Crippen molar-refractivity contribution in [3.63, 3.8) is 0 Å². The Balaban J connectivity index is 2.45. The zero-order valence-corrected chi connectivity index (χ0v) is 10.2. The van der Waals surface area contributed by atoms with E-state index in [1.54, 1.807) is 18.2 Å². The summed E-state index contributed by atoms with van der Waals surface area (Å²) in [5.74, 6) is -0.0925. The van der Waals surface area contributed by atoms with Gasteiger partial charge in [-0.3, -0.25) is 4.79 Å². The third-order valence-corrected chi connectivity index (χ3v) is 2.41. The molecule has 1 rings (SSSR count). The molecule has 1 aromatic carbocycles. The summed E-state index contributed by atoms with van der Waals surface area (Å²) in [4.78, 5) is 11.3. The zero-order chi connectivity index (χ0) is 12.0. The predicted molar refractivity (Wildman–Crippen MR) is 64.6 cm³/mol. The molecule has 1 aromatic rings. The number of aliphatic hydroxyl groups excluding tert-OH is 1. The fourth-order valence-electron chi connectivity index (χ4n) is 1.24. The Bertz CT molecular complexity index is 349. The molecule has 88 valence electrons. The minimum absolute atomic E-state index is 0.0242. The van der Waals surface area contributed by atoms with E-state index in [4.69, 9.17) is 28.3 Å². The first-order valence-electron chi connectivity index (χ1n) is 4.94. The summed E-state index contributed by atoms with van der Waals surface area (Å²) in [7, 11) is 0. The Labute approximate surface area is 104 Å². The molecule has 0 heterocycles. The second-order valence-electron chi connectivity index (χ2n) is 3.38. The fourth-order valence-corrected chi connectivity index (χ4v) is 1.81. The molecule has 16 heavy (non-hydrogen) atoms. The molecule has 0 aliphatic rings. The van der Waals surface area contributed by atoms with Crippen LogP contribution in [0.3, 0.4) is 0 Å². The van der Waals surface area contributed by atoms with E-state index in [1.165, 1.54) is 0 Å². The summed E-state index contributed by atoms with van der Waals surface area (Å²) >= 11 is 11.6. The van der Waals surface area contributed by atoms with Gasteiger partial charge in [-0.2, -0.15) is 0 Å². The van der Waals surface area contributed by atoms with Gasteiger partial charge in [0.1, 0.15) is 0 Å². The fraction of sp³-hybridized carbons (Fsp3) is 0.364. The standard InChI is InChI=1S/C11H13Cl2NO2/c12-9-4-8(5-10(13)6-9)7-14-11(16)2-1-3-15/h4-6,15H,1-3,7H2,(H,14,16). The molecule has 5 heteroatoms. The van der Waals surface area contributed by atoms with Crippen LogP contribution in [0.25, 0.3) is 0 Å². The lowest BCUT2D eigenvalue weighted by molar-refractivity contribution is -0.121. The number of hydrogen-bond donors (Lipinski definition) is 2. The van der Waals surface area contributed by atoms with E-state index in [0.717, 1.165) is 5.56 Å². The molecule has 0 bridgehead atoms. The Morgan fingerprint density at radius 3 is 2.44 bits per heavy atom. The molecule has 0 aliphatic carbocycles. The molecular weight excluding hydrogens is 249 g/mol. The van der Waals surface area contributed by atoms with Crippen LogP contribution in [0.5, 0.6) is 0 Å². The van der Waals surface area contributed by atoms with Gasteiger partial charge in [0.25, 0.3) is 0 Å². The molecule has 3 nitrogen and oxygen atoms in total. The molecule has 0 fully saturated rings. The van der Waals surface area contributed by atoms with Gasteiger partial charge in [-0.25, -0.2) is 0 Å². The van der Waals surface area contributed by atoms with E-state index in [9.17, 15) is 4.79 Å². The minimum atomic E-state index is -0.0925. The molecule has 0 aliphatic heterocycles. The molecule has 1 amide bonds. The average molecular weight is 262 g/mol. The van der Waals surface area contributed by atoms with Crippen molar-refractivity contribution in [1.82, 2.24) is 5.32 Å². The van der Waals surface area contributed by atoms with Crippen LogP contribution in [0.4, 0.5) is 0 Å². The number of rotatable bonds is 5. The van der Waals surface area contributed by atoms with Crippen molar-refractivity contribution >= 4 is 29.1 Å². The van der Waals surface area contributed by atoms with E-state index in [-0.39, 0.29) is 12.5 Å². The first kappa shape index (κ1) is 13.3. The van der Waals surface area contributed by atoms with Crippen molar-refractivity contribution in [3.8, 4) is 0 Å². The summed E-state index contributed by atoms with van der Waals surface area (Å²) in [6, 6.07) is 5.14. The van der Waals surface area contributed by atoms with Crippen LogP contribution < -0.4 is 5.32 Å². The van der Waals surface area contributed by atoms with E-state index in [0.29, 0.717) is 29.4 Å². The van der Waals surface area contributed by atoms with Gasteiger partial charge < -0.3 is 10.4 Å². The Kier molecular flexibility index (Phi) is 5.60. The molecule has 0 radical (unpaired) electrons. The molecule has 0 saturated heterocycles. The third-order valence-electron chi connectivity index (χ3n) is 1.97. The van der Waals surface area contributed by atoms with Gasteiger partial charge in [-0.15, -0.1) is 0 Å². The van der Waals surface area contributed by atoms with Gasteiger partial charge in [0.05, 0.1) is 0 Å². The highest BCUT2D eigenvalue weighted by atomic mass is 35.5. The third kappa shape index (κ3) is 4.84. The largest absolute Gasteiger partial charge is 0.396 e. The lowest BCUT2D eigenvalue weighted by Gasteiger charge is -2.05. The van der Waals surface area contributed by atoms with Gasteiger partial charge in [0, 0.05) is 29.6 Å². The lowest BCUT2D eigenvalue weighted by Crippen LogP contribution is -2.22. The van der Waals surface area contributed by atoms with Crippen LogP contribution >= 0.6 is 23.2 Å². The molecular formula is C11H13Cl2NO2. The van der Waals surface area contributed by atoms with Crippen LogP contribution in [0, 0.1) is 0 Å². The number of hydrogen-bond acceptors (Lipinski definition) is 2. The van der Waals surface area contributed by atoms with Crippen molar-refractivity contribution in [2.24, 2.45) is 0 Å². The van der Waals surface area contributed by atoms with Crippen molar-refractivity contribution < 1.29 is 9.90 Å². The molecule has 2 N–H and O–H groups in total. The van der Waals surface area contributed by atoms with E-state index in [1.807, 2.05) is 0 Å². The quantitative estimate of drug-likeness (QED) is 0.855. The Hall–Kier alpha value is -0.770. The van der Waals surface area contributed by atoms with Gasteiger partial charge in [-0.05, 0) is 30.2 Å². The smallest absolute Gasteiger partial charge is 0.220 e. The maximum atomic E-state index is 11.3. The molecule has 0 unspecified atom stereocenters. The first-order valence-corrected chi connectivity index (χ1v) is 5.70. The number of aliphatic hydroxyl groups is 1. The highest BCUT2D eigenvalue weighted by molar-refractivity contribution is 6.34. The number of benzene rings is 1. The topological polar surface area (TPSA) is 49.3 Å². The normalized spacial score (nSPS) is 10.2. The molecule has 0 saturated carbocycles. The Morgan fingerprint density at radius 2 is 1.88 bits per heavy atom. The van der Waals surface area contributed by atoms with Crippen LogP contribution in [-0.4, -0.2) is 17.6 Å². The maximum absolute atomic E-state index is 11.3. The number of carbonyl (C=O) groups excluding carboxylic acids is 1. The Morgan fingerprint density at radius 1 is 1.25 bits per heavy atom. The number of amides is 1. The molecule has 0 aromatic heterocycles. The monoisotopic (exact) mass is 261 g/mol. The van der Waals surface area contributed by atoms with Gasteiger partial charge in [0.2, 0.25) is 5.91 Å². The predicted octanol–water partition coefficient (Wildman–Crippen LogP) is 2.38. The van der Waals surface area contributed by atoms with E-state index in [2.05, 4.69) is 5.32 Å². The van der Waals surface area contributed by atoms with Crippen molar-refractivity contribution in [3.05, 3.63) is 33.8 Å². The summed E-state index contributed by atoms with van der Waals surface area (Å²) in [6.07, 6.45) is 0.799. The van der Waals surface area contributed by atoms with Crippen molar-refractivity contribution in [2.45, 2.75) is 19.4 Å². The summed E-state index contributed by atoms with van der Waals surface area (Å²) < 4.78 is 0. The lowest BCUT2D eigenvalue weighted by atomic mass is 10.2. The van der Waals surface area contributed by atoms with Gasteiger partial charge in [-0.1, -0.05) is 23.2 Å². The molecule has 0 atom stereocenters. The first-order chi connectivity index (χ1) is 7.61. The van der Waals surface area contributed by atoms with Crippen molar-refractivity contribution in [2.75, 3.05) is 6.61 Å². The van der Waals surface area contributed by atoms with E-state index < -0.39 is 0 Å². The second kappa shape index (κ2) is 6.74. The molecule has 0 spiro atoms. The van der Waals surface area contributed by atoms with Crippen LogP contribution in [0.15, 0.2) is 18.2 Å². The van der Waals surface area contributed by atoms with Crippen LogP contribution in [0.1, 0.15) is 18.4 Å². The van der Waals surface area contributed by atoms with Gasteiger partial charge in [0.15, 0.2) is 0 Å². The van der Waals surface area contributed by atoms with Crippen LogP contribution in [0.2, 0.25) is 10.0 Å². The van der Waals surface area contributed by atoms with Gasteiger partial charge >= 0.3 is 0 Å². The number of carbonyl (C=O) groups is 1. The van der Waals surface area contributed by atoms with E-state index >= 15 is 0 Å². The summed E-state index contributed by atoms with van der Waals surface area (Å²) in [5.41, 5.74) is 0.856. The number of nitrogens with one attached hydrogen (secondary N) is 1. The maximum Gasteiger partial charge on any atom is 0.220 e. The highest BCUT2D eigenvalue weighted by Gasteiger charge is 2.02. The minimum Gasteiger partial charge on any atom is -0.396 e. The van der Waals surface area contributed by atoms with Crippen molar-refractivity contribution in [1.29, 1.82) is 0 Å². The van der Waals surface area contributed by atoms with Crippen LogP contribution in [-0.2, 0) is 11.3 Å². The highest BCUT2D eigenvalue weighted by Crippen LogP contribution is 2.18. The zero-order valence-electron chi connectivity index (χ0n) is 8.67. The summed E-state index contributed by atoms with van der Waals surface area (Å²) in [5, 5.41) is 12.4. The second-order valence-corrected chi connectivity index (χ2v) is 4.25. The number of halogens is 2. The average Bonchev–Trinajstić information content (AvgIpc) is 2.22. The SMILES string of the molecule is O=C(CCCO)NCc1cc(Cl)cc(Cl)c1.